The second-order valence-electron chi connectivity index (χ2n) is 7.41. The van der Waals surface area contributed by atoms with Crippen molar-refractivity contribution < 1.29 is 9.21 Å². The third-order valence-corrected chi connectivity index (χ3v) is 5.78. The summed E-state index contributed by atoms with van der Waals surface area (Å²) in [6, 6.07) is 13.4. The number of para-hydroxylation sites is 1. The summed E-state index contributed by atoms with van der Waals surface area (Å²) in [6.45, 7) is 0. The molecule has 4 heterocycles. The van der Waals surface area contributed by atoms with Gasteiger partial charge in [-0.05, 0) is 36.2 Å². The van der Waals surface area contributed by atoms with E-state index in [2.05, 4.69) is 20.4 Å². The molecule has 6 rings (SSSR count). The minimum absolute atomic E-state index is 0.0213. The first-order valence-electron chi connectivity index (χ1n) is 9.59. The summed E-state index contributed by atoms with van der Waals surface area (Å²) < 4.78 is 7.38. The molecule has 7 nitrogen and oxygen atoms in total. The van der Waals surface area contributed by atoms with E-state index in [1.54, 1.807) is 17.1 Å². The summed E-state index contributed by atoms with van der Waals surface area (Å²) in [7, 11) is 0. The van der Waals surface area contributed by atoms with Crippen LogP contribution in [0.2, 0.25) is 0 Å². The Labute approximate surface area is 166 Å². The number of fused-ring (bicyclic) bond motifs is 2. The van der Waals surface area contributed by atoms with Crippen molar-refractivity contribution in [3.8, 4) is 0 Å². The molecule has 0 radical (unpaired) electrons. The zero-order valence-electron chi connectivity index (χ0n) is 15.4. The topological polar surface area (TPSA) is 85.8 Å². The van der Waals surface area contributed by atoms with Gasteiger partial charge in [0.1, 0.15) is 18.1 Å². The van der Waals surface area contributed by atoms with E-state index in [9.17, 15) is 4.79 Å². The molecular weight excluding hydrogens is 366 g/mol. The molecule has 4 aromatic rings. The van der Waals surface area contributed by atoms with Crippen molar-refractivity contribution in [1.82, 2.24) is 19.7 Å². The number of carbonyl (C=O) groups excluding carboxylic acids is 1. The van der Waals surface area contributed by atoms with E-state index in [-0.39, 0.29) is 17.7 Å². The number of pyridine rings is 1. The maximum absolute atomic E-state index is 13.4. The lowest BCUT2D eigenvalue weighted by molar-refractivity contribution is -0.116. The highest BCUT2D eigenvalue weighted by atomic mass is 16.3. The van der Waals surface area contributed by atoms with E-state index in [1.807, 2.05) is 42.5 Å². The van der Waals surface area contributed by atoms with E-state index in [4.69, 9.17) is 4.42 Å². The average molecular weight is 383 g/mol. The van der Waals surface area contributed by atoms with Gasteiger partial charge in [0.15, 0.2) is 5.78 Å². The summed E-state index contributed by atoms with van der Waals surface area (Å²) in [4.78, 5) is 22.2. The van der Waals surface area contributed by atoms with E-state index in [1.165, 1.54) is 6.33 Å². The number of benzene rings is 1. The third kappa shape index (κ3) is 2.44. The number of carbonyl (C=O) groups is 1. The number of furan rings is 1. The molecule has 1 N–H and O–H groups in total. The highest BCUT2D eigenvalue weighted by Gasteiger charge is 2.40. The Hall–Kier alpha value is -3.74. The maximum atomic E-state index is 13.4. The van der Waals surface area contributed by atoms with Gasteiger partial charge in [-0.3, -0.25) is 9.78 Å². The zero-order chi connectivity index (χ0) is 19.4. The van der Waals surface area contributed by atoms with Crippen molar-refractivity contribution in [2.45, 2.75) is 24.8 Å². The minimum Gasteiger partial charge on any atom is -0.469 e. The first-order valence-corrected chi connectivity index (χ1v) is 9.59. The Morgan fingerprint density at radius 1 is 1.07 bits per heavy atom. The van der Waals surface area contributed by atoms with Crippen molar-refractivity contribution in [3.05, 3.63) is 83.8 Å². The van der Waals surface area contributed by atoms with Gasteiger partial charge < -0.3 is 9.73 Å². The zero-order valence-corrected chi connectivity index (χ0v) is 15.4. The van der Waals surface area contributed by atoms with Crippen LogP contribution in [0, 0.1) is 0 Å². The van der Waals surface area contributed by atoms with Gasteiger partial charge in [0.2, 0.25) is 5.95 Å². The Morgan fingerprint density at radius 3 is 2.90 bits per heavy atom. The number of nitrogens with one attached hydrogen (secondary N) is 1. The van der Waals surface area contributed by atoms with Crippen molar-refractivity contribution in [1.29, 1.82) is 0 Å². The number of allylic oxidation sites excluding steroid dienone is 2. The van der Waals surface area contributed by atoms with Gasteiger partial charge in [0, 0.05) is 35.2 Å². The summed E-state index contributed by atoms with van der Waals surface area (Å²) in [6.07, 6.45) is 6.07. The van der Waals surface area contributed by atoms with Gasteiger partial charge in [-0.1, -0.05) is 18.2 Å². The number of anilines is 1. The molecule has 2 aliphatic rings. The second-order valence-corrected chi connectivity index (χ2v) is 7.41. The van der Waals surface area contributed by atoms with E-state index in [0.717, 1.165) is 33.5 Å². The van der Waals surface area contributed by atoms with Gasteiger partial charge in [0.25, 0.3) is 0 Å². The van der Waals surface area contributed by atoms with E-state index in [0.29, 0.717) is 18.8 Å². The number of nitrogens with zero attached hydrogens (tertiary/aromatic N) is 4. The predicted octanol–water partition coefficient (Wildman–Crippen LogP) is 3.84. The van der Waals surface area contributed by atoms with Crippen LogP contribution < -0.4 is 5.32 Å². The number of Topliss-reactive ketones (excluding diaryl/α,β-unsaturated/α-hetero) is 1. The van der Waals surface area contributed by atoms with Crippen molar-refractivity contribution in [2.75, 3.05) is 5.32 Å². The number of hydrogen-bond acceptors (Lipinski definition) is 6. The molecule has 0 amide bonds. The maximum Gasteiger partial charge on any atom is 0.226 e. The molecule has 0 bridgehead atoms. The molecule has 29 heavy (non-hydrogen) atoms. The van der Waals surface area contributed by atoms with Gasteiger partial charge >= 0.3 is 0 Å². The predicted molar refractivity (Wildman–Crippen MR) is 106 cm³/mol. The molecule has 3 aromatic heterocycles. The lowest BCUT2D eigenvalue weighted by Crippen LogP contribution is -2.33. The Morgan fingerprint density at radius 2 is 2.00 bits per heavy atom. The molecule has 1 aliphatic heterocycles. The lowest BCUT2D eigenvalue weighted by atomic mass is 9.79. The summed E-state index contributed by atoms with van der Waals surface area (Å²) in [5.74, 6) is 1.60. The second kappa shape index (κ2) is 6.13. The molecule has 0 saturated carbocycles. The fourth-order valence-corrected chi connectivity index (χ4v) is 4.52. The van der Waals surface area contributed by atoms with Gasteiger partial charge in [-0.2, -0.15) is 10.1 Å². The SMILES string of the molecule is O=C1CC(c2ccco2)CC2=C1C(c1ccnc3ccccc13)n1ncnc1N2. The first-order chi connectivity index (χ1) is 14.3. The molecule has 142 valence electrons. The van der Waals surface area contributed by atoms with Crippen molar-refractivity contribution >= 4 is 22.6 Å². The highest BCUT2D eigenvalue weighted by Crippen LogP contribution is 2.44. The summed E-state index contributed by atoms with van der Waals surface area (Å²) in [5, 5.41) is 8.78. The van der Waals surface area contributed by atoms with Crippen LogP contribution in [0.5, 0.6) is 0 Å². The highest BCUT2D eigenvalue weighted by molar-refractivity contribution is 6.01. The Bertz CT molecular complexity index is 1270. The first kappa shape index (κ1) is 16.2. The molecular formula is C22H17N5O2. The number of aromatic nitrogens is 4. The molecule has 0 saturated heterocycles. The van der Waals surface area contributed by atoms with Crippen LogP contribution in [0.4, 0.5) is 5.95 Å². The van der Waals surface area contributed by atoms with Crippen LogP contribution in [0.3, 0.4) is 0 Å². The molecule has 1 aliphatic carbocycles. The molecule has 0 fully saturated rings. The van der Waals surface area contributed by atoms with Crippen molar-refractivity contribution in [2.24, 2.45) is 0 Å². The van der Waals surface area contributed by atoms with E-state index >= 15 is 0 Å². The molecule has 0 spiro atoms. The smallest absolute Gasteiger partial charge is 0.226 e. The number of ketones is 1. The van der Waals surface area contributed by atoms with Crippen LogP contribution in [0.15, 0.2) is 76.9 Å². The fraction of sp³-hybridized carbons (Fsp3) is 0.182. The van der Waals surface area contributed by atoms with Gasteiger partial charge in [-0.15, -0.1) is 0 Å². The summed E-state index contributed by atoms with van der Waals surface area (Å²) >= 11 is 0. The van der Waals surface area contributed by atoms with Gasteiger partial charge in [0.05, 0.1) is 11.8 Å². The minimum atomic E-state index is -0.332. The van der Waals surface area contributed by atoms with Crippen molar-refractivity contribution in [3.63, 3.8) is 0 Å². The Balaban J connectivity index is 1.55. The fourth-order valence-electron chi connectivity index (χ4n) is 4.52. The van der Waals surface area contributed by atoms with Gasteiger partial charge in [-0.25, -0.2) is 4.68 Å². The molecule has 2 atom stereocenters. The third-order valence-electron chi connectivity index (χ3n) is 5.78. The average Bonchev–Trinajstić information content (AvgIpc) is 3.44. The van der Waals surface area contributed by atoms with Crippen LogP contribution in [-0.2, 0) is 4.79 Å². The molecule has 2 unspecified atom stereocenters. The standard InChI is InChI=1S/C22H17N5O2/c28-18-11-13(19-6-3-9-29-19)10-17-20(18)21(27-22(26-17)24-12-25-27)15-7-8-23-16-5-2-1-4-14(15)16/h1-9,12-13,21H,10-11H2,(H,24,25,26). The number of hydrogen-bond donors (Lipinski definition) is 1. The van der Waals surface area contributed by atoms with Crippen LogP contribution >= 0.6 is 0 Å². The molecule has 1 aromatic carbocycles. The monoisotopic (exact) mass is 383 g/mol. The largest absolute Gasteiger partial charge is 0.469 e. The lowest BCUT2D eigenvalue weighted by Gasteiger charge is -2.34. The van der Waals surface area contributed by atoms with E-state index < -0.39 is 0 Å². The normalized spacial score (nSPS) is 21.0. The van der Waals surface area contributed by atoms with Crippen LogP contribution in [-0.4, -0.2) is 25.5 Å². The number of rotatable bonds is 2. The Kier molecular flexibility index (Phi) is 3.43. The van der Waals surface area contributed by atoms with Crippen LogP contribution in [0.1, 0.15) is 36.1 Å². The molecule has 7 heteroatoms. The van der Waals surface area contributed by atoms with Crippen LogP contribution in [0.25, 0.3) is 10.9 Å². The quantitative estimate of drug-likeness (QED) is 0.566. The summed E-state index contributed by atoms with van der Waals surface area (Å²) in [5.41, 5.74) is 3.54.